The van der Waals surface area contributed by atoms with Crippen LogP contribution in [0.25, 0.3) is 11.5 Å². The molecule has 2 rings (SSSR count). The Morgan fingerprint density at radius 1 is 0.667 bits per heavy atom. The fourth-order valence-corrected chi connectivity index (χ4v) is 2.04. The van der Waals surface area contributed by atoms with Gasteiger partial charge < -0.3 is 9.47 Å². The number of esters is 2. The molecule has 0 saturated heterocycles. The van der Waals surface area contributed by atoms with Crippen molar-refractivity contribution in [2.75, 3.05) is 0 Å². The van der Waals surface area contributed by atoms with E-state index >= 15 is 0 Å². The van der Waals surface area contributed by atoms with Crippen LogP contribution in [0.4, 0.5) is 0 Å². The fraction of sp³-hybridized carbons (Fsp3) is 0.100. The highest BCUT2D eigenvalue weighted by atomic mass is 16.5. The molecule has 0 fully saturated rings. The molecule has 0 unspecified atom stereocenters. The van der Waals surface area contributed by atoms with Crippen LogP contribution in [0.15, 0.2) is 72.8 Å². The zero-order valence-corrected chi connectivity index (χ0v) is 13.6. The summed E-state index contributed by atoms with van der Waals surface area (Å²) in [4.78, 5) is 22.7. The number of rotatable bonds is 5. The van der Waals surface area contributed by atoms with E-state index in [9.17, 15) is 9.59 Å². The lowest BCUT2D eigenvalue weighted by molar-refractivity contribution is -0.135. The molecular weight excluding hydrogens is 304 g/mol. The second kappa shape index (κ2) is 8.48. The minimum atomic E-state index is -0.424. The summed E-state index contributed by atoms with van der Waals surface area (Å²) in [5, 5.41) is 0. The van der Waals surface area contributed by atoms with Crippen LogP contribution in [0.1, 0.15) is 25.0 Å². The lowest BCUT2D eigenvalue weighted by Gasteiger charge is -2.08. The molecule has 24 heavy (non-hydrogen) atoms. The Morgan fingerprint density at radius 2 is 1.00 bits per heavy atom. The van der Waals surface area contributed by atoms with Gasteiger partial charge in [0.1, 0.15) is 11.5 Å². The first-order chi connectivity index (χ1) is 11.6. The van der Waals surface area contributed by atoms with Gasteiger partial charge in [-0.05, 0) is 12.2 Å². The molecule has 0 radical (unpaired) electrons. The predicted octanol–water partition coefficient (Wildman–Crippen LogP) is 4.19. The van der Waals surface area contributed by atoms with Gasteiger partial charge in [-0.25, -0.2) is 0 Å². The Hall–Kier alpha value is -3.14. The predicted molar refractivity (Wildman–Crippen MR) is 92.4 cm³/mol. The number of benzene rings is 2. The van der Waals surface area contributed by atoms with Gasteiger partial charge >= 0.3 is 11.9 Å². The number of allylic oxidation sites excluding steroid dienone is 2. The second-order valence-corrected chi connectivity index (χ2v) is 4.98. The molecule has 2 aromatic carbocycles. The van der Waals surface area contributed by atoms with Crippen LogP contribution >= 0.6 is 0 Å². The Labute approximate surface area is 141 Å². The summed E-state index contributed by atoms with van der Waals surface area (Å²) >= 11 is 0. The average molecular weight is 322 g/mol. The van der Waals surface area contributed by atoms with Crippen LogP contribution < -0.4 is 0 Å². The monoisotopic (exact) mass is 322 g/mol. The van der Waals surface area contributed by atoms with E-state index in [2.05, 4.69) is 0 Å². The summed E-state index contributed by atoms with van der Waals surface area (Å²) in [7, 11) is 0. The largest absolute Gasteiger partial charge is 0.426 e. The van der Waals surface area contributed by atoms with Crippen LogP contribution in [0, 0.1) is 0 Å². The summed E-state index contributed by atoms with van der Waals surface area (Å²) in [6.45, 7) is 2.68. The number of hydrogen-bond acceptors (Lipinski definition) is 4. The molecule has 4 nitrogen and oxygen atoms in total. The second-order valence-electron chi connectivity index (χ2n) is 4.98. The van der Waals surface area contributed by atoms with Gasteiger partial charge in [-0.15, -0.1) is 0 Å². The van der Waals surface area contributed by atoms with E-state index in [0.717, 1.165) is 11.1 Å². The first kappa shape index (κ1) is 17.2. The van der Waals surface area contributed by atoms with Gasteiger partial charge in [0.05, 0.1) is 0 Å². The highest BCUT2D eigenvalue weighted by Gasteiger charge is 2.08. The van der Waals surface area contributed by atoms with E-state index in [0.29, 0.717) is 11.5 Å². The number of hydrogen-bond donors (Lipinski definition) is 0. The molecule has 0 amide bonds. The molecule has 0 aromatic heterocycles. The molecule has 0 atom stereocenters. The third kappa shape index (κ3) is 5.25. The molecule has 0 aliphatic heterocycles. The molecule has 0 aliphatic carbocycles. The Bertz CT molecular complexity index is 691. The third-order valence-corrected chi connectivity index (χ3v) is 3.01. The van der Waals surface area contributed by atoms with Crippen molar-refractivity contribution in [1.29, 1.82) is 0 Å². The van der Waals surface area contributed by atoms with Crippen molar-refractivity contribution < 1.29 is 19.1 Å². The van der Waals surface area contributed by atoms with Gasteiger partial charge in [0.25, 0.3) is 0 Å². The van der Waals surface area contributed by atoms with Gasteiger partial charge in [-0.2, -0.15) is 0 Å². The lowest BCUT2D eigenvalue weighted by Crippen LogP contribution is -2.00. The van der Waals surface area contributed by atoms with Crippen molar-refractivity contribution in [1.82, 2.24) is 0 Å². The first-order valence-electron chi connectivity index (χ1n) is 7.46. The summed E-state index contributed by atoms with van der Waals surface area (Å²) < 4.78 is 10.5. The maximum atomic E-state index is 11.4. The zero-order chi connectivity index (χ0) is 17.4. The average Bonchev–Trinajstić information content (AvgIpc) is 2.58. The molecule has 0 spiro atoms. The van der Waals surface area contributed by atoms with E-state index in [1.165, 1.54) is 13.8 Å². The minimum Gasteiger partial charge on any atom is -0.426 e. The molecule has 0 saturated carbocycles. The van der Waals surface area contributed by atoms with E-state index < -0.39 is 11.9 Å². The zero-order valence-electron chi connectivity index (χ0n) is 13.6. The van der Waals surface area contributed by atoms with Crippen LogP contribution in [-0.2, 0) is 19.1 Å². The SMILES string of the molecule is CC(=O)O/C(=C\C=C(\OC(C)=O)c1ccccc1)c1ccccc1. The van der Waals surface area contributed by atoms with Crippen LogP contribution in [0.3, 0.4) is 0 Å². The smallest absolute Gasteiger partial charge is 0.308 e. The lowest BCUT2D eigenvalue weighted by atomic mass is 10.1. The molecular formula is C20H18O4. The molecule has 122 valence electrons. The van der Waals surface area contributed by atoms with Crippen molar-refractivity contribution in [3.05, 3.63) is 83.9 Å². The molecule has 0 N–H and O–H groups in total. The quantitative estimate of drug-likeness (QED) is 0.470. The number of ether oxygens (including phenoxy) is 2. The van der Waals surface area contributed by atoms with Gasteiger partial charge in [-0.1, -0.05) is 60.7 Å². The van der Waals surface area contributed by atoms with Crippen LogP contribution in [-0.4, -0.2) is 11.9 Å². The van der Waals surface area contributed by atoms with E-state index in [1.54, 1.807) is 12.2 Å². The highest BCUT2D eigenvalue weighted by molar-refractivity contribution is 5.80. The highest BCUT2D eigenvalue weighted by Crippen LogP contribution is 2.20. The van der Waals surface area contributed by atoms with Gasteiger partial charge in [0.2, 0.25) is 0 Å². The molecule has 0 heterocycles. The van der Waals surface area contributed by atoms with E-state index in [1.807, 2.05) is 60.7 Å². The van der Waals surface area contributed by atoms with E-state index in [-0.39, 0.29) is 0 Å². The molecule has 0 bridgehead atoms. The number of carbonyl (C=O) groups is 2. The summed E-state index contributed by atoms with van der Waals surface area (Å²) in [6, 6.07) is 18.5. The molecule has 0 aliphatic rings. The van der Waals surface area contributed by atoms with Crippen LogP contribution in [0.5, 0.6) is 0 Å². The first-order valence-corrected chi connectivity index (χ1v) is 7.46. The van der Waals surface area contributed by atoms with Crippen LogP contribution in [0.2, 0.25) is 0 Å². The maximum Gasteiger partial charge on any atom is 0.308 e. The van der Waals surface area contributed by atoms with Crippen molar-refractivity contribution >= 4 is 23.5 Å². The summed E-state index contributed by atoms with van der Waals surface area (Å²) in [5.74, 6) is -0.0909. The molecule has 2 aromatic rings. The standard InChI is InChI=1S/C20H18O4/c1-15(21)23-19(17-9-5-3-6-10-17)13-14-20(24-16(2)22)18-11-7-4-8-12-18/h3-14H,1-2H3/b19-13-,20-14+. The van der Waals surface area contributed by atoms with Crippen molar-refractivity contribution in [3.8, 4) is 0 Å². The Balaban J connectivity index is 2.42. The van der Waals surface area contributed by atoms with Gasteiger partial charge in [-0.3, -0.25) is 9.59 Å². The summed E-state index contributed by atoms with van der Waals surface area (Å²) in [6.07, 6.45) is 3.23. The Kier molecular flexibility index (Phi) is 6.08. The fourth-order valence-electron chi connectivity index (χ4n) is 2.04. The van der Waals surface area contributed by atoms with E-state index in [4.69, 9.17) is 9.47 Å². The van der Waals surface area contributed by atoms with Gasteiger partial charge in [0, 0.05) is 25.0 Å². The maximum absolute atomic E-state index is 11.4. The normalized spacial score (nSPS) is 11.8. The Morgan fingerprint density at radius 3 is 1.29 bits per heavy atom. The topological polar surface area (TPSA) is 52.6 Å². The van der Waals surface area contributed by atoms with Gasteiger partial charge in [0.15, 0.2) is 0 Å². The van der Waals surface area contributed by atoms with Crippen molar-refractivity contribution in [2.45, 2.75) is 13.8 Å². The third-order valence-electron chi connectivity index (χ3n) is 3.01. The molecule has 4 heteroatoms. The van der Waals surface area contributed by atoms with Crippen molar-refractivity contribution in [2.24, 2.45) is 0 Å². The summed E-state index contributed by atoms with van der Waals surface area (Å²) in [5.41, 5.74) is 1.50. The van der Waals surface area contributed by atoms with Crippen molar-refractivity contribution in [3.63, 3.8) is 0 Å². The minimum absolute atomic E-state index is 0.378. The number of carbonyl (C=O) groups excluding carboxylic acids is 2.